The average molecular weight is 460 g/mol. The molecule has 1 aliphatic rings. The summed E-state index contributed by atoms with van der Waals surface area (Å²) in [7, 11) is 0. The Bertz CT molecular complexity index is 1220. The molecule has 0 N–H and O–H groups in total. The average Bonchev–Trinajstić information content (AvgIpc) is 2.77. The fourth-order valence-electron chi connectivity index (χ4n) is 4.31. The number of fused-ring (bicyclic) bond motifs is 1. The van der Waals surface area contributed by atoms with Crippen LogP contribution in [0.2, 0.25) is 0 Å². The minimum atomic E-state index is -1.71. The van der Waals surface area contributed by atoms with Gasteiger partial charge in [0.1, 0.15) is 17.5 Å². The molecule has 3 aromatic rings. The van der Waals surface area contributed by atoms with E-state index in [0.717, 1.165) is 37.3 Å². The molecule has 6 heteroatoms. The first-order valence-corrected chi connectivity index (χ1v) is 10.9. The Morgan fingerprint density at radius 2 is 1.48 bits per heavy atom. The molecule has 4 rings (SSSR count). The van der Waals surface area contributed by atoms with Gasteiger partial charge in [-0.3, -0.25) is 0 Å². The minimum Gasteiger partial charge on any atom is -0.206 e. The molecule has 1 aliphatic carbocycles. The van der Waals surface area contributed by atoms with Crippen LogP contribution in [0.3, 0.4) is 0 Å². The Hall–Kier alpha value is -3.02. The van der Waals surface area contributed by atoms with Crippen molar-refractivity contribution in [2.45, 2.75) is 45.4 Å². The lowest BCUT2D eigenvalue weighted by Crippen LogP contribution is -2.09. The van der Waals surface area contributed by atoms with Crippen molar-refractivity contribution in [2.24, 2.45) is 0 Å². The first-order valence-electron chi connectivity index (χ1n) is 10.9. The molecule has 0 atom stereocenters. The molecule has 0 unspecified atom stereocenters. The molecule has 3 aromatic carbocycles. The van der Waals surface area contributed by atoms with Crippen LogP contribution in [0.1, 0.15) is 48.4 Å². The van der Waals surface area contributed by atoms with Gasteiger partial charge >= 0.3 is 0 Å². The molecule has 0 radical (unpaired) electrons. The lowest BCUT2D eigenvalue weighted by molar-refractivity contribution is 0.447. The van der Waals surface area contributed by atoms with Crippen LogP contribution in [0, 0.1) is 34.9 Å². The summed E-state index contributed by atoms with van der Waals surface area (Å²) in [5, 5.41) is 0. The van der Waals surface area contributed by atoms with Gasteiger partial charge in [-0.15, -0.1) is 0 Å². The molecule has 0 nitrogen and oxygen atoms in total. The van der Waals surface area contributed by atoms with E-state index in [2.05, 4.69) is 6.92 Å². The number of hydrogen-bond acceptors (Lipinski definition) is 0. The maximum Gasteiger partial charge on any atom is 0.194 e. The van der Waals surface area contributed by atoms with Crippen LogP contribution in [-0.4, -0.2) is 0 Å². The van der Waals surface area contributed by atoms with Crippen LogP contribution in [-0.2, 0) is 19.3 Å². The number of rotatable bonds is 6. The topological polar surface area (TPSA) is 0 Å². The molecule has 0 saturated heterocycles. The predicted molar refractivity (Wildman–Crippen MR) is 117 cm³/mol. The van der Waals surface area contributed by atoms with Gasteiger partial charge in [0.25, 0.3) is 0 Å². The van der Waals surface area contributed by atoms with Crippen LogP contribution in [0.15, 0.2) is 42.5 Å². The van der Waals surface area contributed by atoms with E-state index in [0.29, 0.717) is 28.8 Å². The standard InChI is InChI=1S/C27H22F6/c1-2-3-4-5-15-6-8-19(21(28)10-15)16-7-9-20-17(11-16)12-22(29)25(26(20)32)18-13-23(30)27(33)24(31)14-18/h6-8,10,12-14H,2-5,9,11H2,1H3. The van der Waals surface area contributed by atoms with Gasteiger partial charge in [0.15, 0.2) is 17.5 Å². The van der Waals surface area contributed by atoms with E-state index in [1.54, 1.807) is 12.1 Å². The van der Waals surface area contributed by atoms with Crippen molar-refractivity contribution < 1.29 is 26.3 Å². The van der Waals surface area contributed by atoms with Gasteiger partial charge in [0.2, 0.25) is 0 Å². The Balaban J connectivity index is 1.65. The Labute approximate surface area is 188 Å². The highest BCUT2D eigenvalue weighted by Gasteiger charge is 2.25. The number of hydrogen-bond donors (Lipinski definition) is 0. The van der Waals surface area contributed by atoms with E-state index in [4.69, 9.17) is 0 Å². The zero-order chi connectivity index (χ0) is 23.7. The van der Waals surface area contributed by atoms with Crippen LogP contribution in [0.25, 0.3) is 16.7 Å². The first kappa shape index (κ1) is 23.1. The highest BCUT2D eigenvalue weighted by molar-refractivity contribution is 5.74. The van der Waals surface area contributed by atoms with Gasteiger partial charge in [-0.1, -0.05) is 38.0 Å². The summed E-state index contributed by atoms with van der Waals surface area (Å²) in [5.41, 5.74) is 1.35. The molecule has 33 heavy (non-hydrogen) atoms. The quantitative estimate of drug-likeness (QED) is 0.198. The fraction of sp³-hybridized carbons (Fsp3) is 0.259. The predicted octanol–water partition coefficient (Wildman–Crippen LogP) is 8.10. The second-order valence-corrected chi connectivity index (χ2v) is 8.32. The molecule has 0 amide bonds. The smallest absolute Gasteiger partial charge is 0.194 e. The number of benzene rings is 3. The maximum absolute atomic E-state index is 15.2. The summed E-state index contributed by atoms with van der Waals surface area (Å²) in [4.78, 5) is 0. The van der Waals surface area contributed by atoms with E-state index in [1.807, 2.05) is 6.07 Å². The molecule has 0 aliphatic heterocycles. The van der Waals surface area contributed by atoms with E-state index in [1.165, 1.54) is 6.07 Å². The minimum absolute atomic E-state index is 0.0631. The number of aryl methyl sites for hydroxylation is 1. The summed E-state index contributed by atoms with van der Waals surface area (Å²) < 4.78 is 85.3. The summed E-state index contributed by atoms with van der Waals surface area (Å²) in [6.07, 6.45) is 5.77. The third-order valence-corrected chi connectivity index (χ3v) is 6.07. The highest BCUT2D eigenvalue weighted by Crippen LogP contribution is 2.37. The van der Waals surface area contributed by atoms with E-state index >= 15 is 4.39 Å². The van der Waals surface area contributed by atoms with Gasteiger partial charge < -0.3 is 0 Å². The normalized spacial score (nSPS) is 13.1. The van der Waals surface area contributed by atoms with Crippen molar-refractivity contribution in [3.63, 3.8) is 0 Å². The molecular formula is C27H22F6. The molecule has 0 heterocycles. The van der Waals surface area contributed by atoms with Crippen molar-refractivity contribution in [2.75, 3.05) is 0 Å². The van der Waals surface area contributed by atoms with E-state index in [-0.39, 0.29) is 24.2 Å². The van der Waals surface area contributed by atoms with Gasteiger partial charge in [-0.25, -0.2) is 26.3 Å². The summed E-state index contributed by atoms with van der Waals surface area (Å²) in [5.74, 6) is -7.13. The fourth-order valence-corrected chi connectivity index (χ4v) is 4.31. The van der Waals surface area contributed by atoms with Crippen molar-refractivity contribution in [1.82, 2.24) is 0 Å². The lowest BCUT2D eigenvalue weighted by atomic mass is 9.85. The second-order valence-electron chi connectivity index (χ2n) is 8.32. The highest BCUT2D eigenvalue weighted by atomic mass is 19.2. The van der Waals surface area contributed by atoms with Gasteiger partial charge in [-0.05, 0) is 77.8 Å². The Morgan fingerprint density at radius 3 is 2.15 bits per heavy atom. The zero-order valence-electron chi connectivity index (χ0n) is 18.1. The van der Waals surface area contributed by atoms with Crippen LogP contribution >= 0.6 is 0 Å². The van der Waals surface area contributed by atoms with Gasteiger partial charge in [0, 0.05) is 5.56 Å². The van der Waals surface area contributed by atoms with Crippen LogP contribution < -0.4 is 0 Å². The second kappa shape index (κ2) is 9.46. The zero-order valence-corrected chi connectivity index (χ0v) is 18.1. The molecule has 172 valence electrons. The van der Waals surface area contributed by atoms with E-state index in [9.17, 15) is 22.0 Å². The summed E-state index contributed by atoms with van der Waals surface area (Å²) in [6.45, 7) is 2.10. The number of allylic oxidation sites excluding steroid dienone is 2. The monoisotopic (exact) mass is 460 g/mol. The maximum atomic E-state index is 15.2. The van der Waals surface area contributed by atoms with Crippen molar-refractivity contribution in [1.29, 1.82) is 0 Å². The third-order valence-electron chi connectivity index (χ3n) is 6.07. The molecule has 0 fully saturated rings. The van der Waals surface area contributed by atoms with Crippen molar-refractivity contribution in [3.8, 4) is 11.1 Å². The molecule has 0 aromatic heterocycles. The molecular weight excluding hydrogens is 438 g/mol. The number of unbranched alkanes of at least 4 members (excludes halogenated alkanes) is 2. The molecule has 0 spiro atoms. The number of halogens is 6. The van der Waals surface area contributed by atoms with E-state index < -0.39 is 40.2 Å². The summed E-state index contributed by atoms with van der Waals surface area (Å²) in [6, 6.07) is 7.28. The van der Waals surface area contributed by atoms with Gasteiger partial charge in [-0.2, -0.15) is 0 Å². The summed E-state index contributed by atoms with van der Waals surface area (Å²) >= 11 is 0. The van der Waals surface area contributed by atoms with Crippen LogP contribution in [0.5, 0.6) is 0 Å². The largest absolute Gasteiger partial charge is 0.206 e. The Morgan fingerprint density at radius 1 is 0.758 bits per heavy atom. The van der Waals surface area contributed by atoms with Gasteiger partial charge in [0.05, 0.1) is 5.56 Å². The first-order chi connectivity index (χ1) is 15.8. The van der Waals surface area contributed by atoms with Crippen LogP contribution in [0.4, 0.5) is 26.3 Å². The van der Waals surface area contributed by atoms with Crippen molar-refractivity contribution >= 4 is 5.57 Å². The Kier molecular flexibility index (Phi) is 6.63. The lowest BCUT2D eigenvalue weighted by Gasteiger charge is -2.21. The third kappa shape index (κ3) is 4.56. The SMILES string of the molecule is CCCCCc1ccc(C2=CCc3c(cc(F)c(-c4cc(F)c(F)c(F)c4)c3F)C2)c(F)c1. The van der Waals surface area contributed by atoms with Crippen molar-refractivity contribution in [3.05, 3.63) is 99.6 Å². The molecule has 0 saturated carbocycles. The molecule has 0 bridgehead atoms.